The average Bonchev–Trinajstić information content (AvgIpc) is 2.70. The van der Waals surface area contributed by atoms with E-state index >= 15 is 0 Å². The Balaban J connectivity index is 2.21. The van der Waals surface area contributed by atoms with Crippen LogP contribution in [-0.2, 0) is 11.8 Å². The third-order valence-electron chi connectivity index (χ3n) is 2.68. The monoisotopic (exact) mass is 195 g/mol. The first-order valence-electron chi connectivity index (χ1n) is 4.60. The van der Waals surface area contributed by atoms with Crippen LogP contribution < -0.4 is 5.32 Å². The molecule has 1 aliphatic rings. The fourth-order valence-corrected chi connectivity index (χ4v) is 1.92. The predicted octanol–water partition coefficient (Wildman–Crippen LogP) is -0.192. The topological polar surface area (TPSA) is 67.2 Å². The number of hydrogen-bond donors (Lipinski definition) is 2. The summed E-state index contributed by atoms with van der Waals surface area (Å²) in [6, 6.07) is 0. The van der Waals surface area contributed by atoms with Crippen LogP contribution in [0.5, 0.6) is 0 Å². The molecule has 2 atom stereocenters. The van der Waals surface area contributed by atoms with Crippen LogP contribution in [0.2, 0.25) is 0 Å². The Morgan fingerprint density at radius 3 is 3.07 bits per heavy atom. The first-order valence-corrected chi connectivity index (χ1v) is 4.60. The number of aliphatic carboxylic acids is 1. The van der Waals surface area contributed by atoms with Gasteiger partial charge in [0.15, 0.2) is 0 Å². The van der Waals surface area contributed by atoms with Crippen molar-refractivity contribution in [1.29, 1.82) is 0 Å². The second-order valence-corrected chi connectivity index (χ2v) is 3.66. The van der Waals surface area contributed by atoms with Gasteiger partial charge in [0.05, 0.1) is 12.1 Å². The summed E-state index contributed by atoms with van der Waals surface area (Å²) >= 11 is 0. The zero-order valence-electron chi connectivity index (χ0n) is 7.97. The van der Waals surface area contributed by atoms with Crippen LogP contribution in [0.4, 0.5) is 0 Å². The number of carboxylic acids is 1. The fourth-order valence-electron chi connectivity index (χ4n) is 1.92. The van der Waals surface area contributed by atoms with Crippen molar-refractivity contribution in [1.82, 2.24) is 15.1 Å². The molecule has 76 valence electrons. The van der Waals surface area contributed by atoms with E-state index in [0.29, 0.717) is 6.54 Å². The zero-order chi connectivity index (χ0) is 10.1. The summed E-state index contributed by atoms with van der Waals surface area (Å²) in [6.45, 7) is 1.28. The number of aryl methyl sites for hydroxylation is 1. The maximum Gasteiger partial charge on any atom is 0.308 e. The molecule has 1 aliphatic heterocycles. The van der Waals surface area contributed by atoms with Crippen molar-refractivity contribution in [3.63, 3.8) is 0 Å². The SMILES string of the molecule is Cn1cc(C2CNCC2C(=O)O)cn1. The maximum atomic E-state index is 10.9. The molecule has 5 heteroatoms. The molecule has 0 aliphatic carbocycles. The molecule has 2 N–H and O–H groups in total. The first-order chi connectivity index (χ1) is 6.68. The summed E-state index contributed by atoms with van der Waals surface area (Å²) < 4.78 is 1.70. The third kappa shape index (κ3) is 1.50. The van der Waals surface area contributed by atoms with Gasteiger partial charge in [-0.05, 0) is 5.56 Å². The number of aromatic nitrogens is 2. The van der Waals surface area contributed by atoms with E-state index in [2.05, 4.69) is 10.4 Å². The van der Waals surface area contributed by atoms with E-state index in [1.54, 1.807) is 10.9 Å². The van der Waals surface area contributed by atoms with Gasteiger partial charge in [0, 0.05) is 32.3 Å². The van der Waals surface area contributed by atoms with Crippen molar-refractivity contribution in [2.24, 2.45) is 13.0 Å². The summed E-state index contributed by atoms with van der Waals surface area (Å²) in [5.74, 6) is -0.996. The second kappa shape index (κ2) is 3.42. The molecule has 1 aromatic heterocycles. The molecule has 1 saturated heterocycles. The van der Waals surface area contributed by atoms with E-state index in [1.165, 1.54) is 0 Å². The average molecular weight is 195 g/mol. The van der Waals surface area contributed by atoms with Gasteiger partial charge >= 0.3 is 5.97 Å². The molecule has 0 saturated carbocycles. The third-order valence-corrected chi connectivity index (χ3v) is 2.68. The minimum atomic E-state index is -0.733. The van der Waals surface area contributed by atoms with Crippen molar-refractivity contribution < 1.29 is 9.90 Å². The molecule has 1 aromatic rings. The van der Waals surface area contributed by atoms with Crippen LogP contribution >= 0.6 is 0 Å². The number of rotatable bonds is 2. The lowest BCUT2D eigenvalue weighted by atomic mass is 9.91. The molecule has 0 aromatic carbocycles. The fraction of sp³-hybridized carbons (Fsp3) is 0.556. The van der Waals surface area contributed by atoms with Crippen molar-refractivity contribution in [3.05, 3.63) is 18.0 Å². The van der Waals surface area contributed by atoms with Crippen LogP contribution in [0, 0.1) is 5.92 Å². The van der Waals surface area contributed by atoms with Gasteiger partial charge in [-0.15, -0.1) is 0 Å². The Morgan fingerprint density at radius 1 is 1.71 bits per heavy atom. The van der Waals surface area contributed by atoms with Crippen LogP contribution in [0.25, 0.3) is 0 Å². The van der Waals surface area contributed by atoms with E-state index in [0.717, 1.165) is 12.1 Å². The van der Waals surface area contributed by atoms with E-state index in [4.69, 9.17) is 5.11 Å². The zero-order valence-corrected chi connectivity index (χ0v) is 7.97. The van der Waals surface area contributed by atoms with E-state index in [9.17, 15) is 4.79 Å². The molecular formula is C9H13N3O2. The quantitative estimate of drug-likeness (QED) is 0.686. The molecule has 2 rings (SSSR count). The molecule has 14 heavy (non-hydrogen) atoms. The number of nitrogens with one attached hydrogen (secondary N) is 1. The summed E-state index contributed by atoms with van der Waals surface area (Å²) in [7, 11) is 1.83. The maximum absolute atomic E-state index is 10.9. The van der Waals surface area contributed by atoms with Gasteiger partial charge in [0.1, 0.15) is 0 Å². The van der Waals surface area contributed by atoms with Crippen LogP contribution in [0.1, 0.15) is 11.5 Å². The highest BCUT2D eigenvalue weighted by Gasteiger charge is 2.34. The van der Waals surface area contributed by atoms with Gasteiger partial charge in [0.2, 0.25) is 0 Å². The smallest absolute Gasteiger partial charge is 0.308 e. The van der Waals surface area contributed by atoms with Gasteiger partial charge in [-0.3, -0.25) is 9.48 Å². The molecule has 0 spiro atoms. The van der Waals surface area contributed by atoms with Crippen molar-refractivity contribution in [2.75, 3.05) is 13.1 Å². The van der Waals surface area contributed by atoms with Gasteiger partial charge in [-0.1, -0.05) is 0 Å². The molecule has 2 unspecified atom stereocenters. The normalized spacial score (nSPS) is 26.6. The van der Waals surface area contributed by atoms with E-state index in [1.807, 2.05) is 13.2 Å². The first kappa shape index (κ1) is 9.21. The Labute approximate surface area is 81.7 Å². The van der Waals surface area contributed by atoms with Crippen molar-refractivity contribution in [3.8, 4) is 0 Å². The van der Waals surface area contributed by atoms with Crippen LogP contribution in [0.15, 0.2) is 12.4 Å². The summed E-state index contributed by atoms with van der Waals surface area (Å²) in [5.41, 5.74) is 1.00. The number of carboxylic acid groups (broad SMARTS) is 1. The summed E-state index contributed by atoms with van der Waals surface area (Å²) in [4.78, 5) is 10.9. The molecule has 0 radical (unpaired) electrons. The Morgan fingerprint density at radius 2 is 2.50 bits per heavy atom. The lowest BCUT2D eigenvalue weighted by Gasteiger charge is -2.11. The Hall–Kier alpha value is -1.36. The highest BCUT2D eigenvalue weighted by molar-refractivity contribution is 5.72. The summed E-state index contributed by atoms with van der Waals surface area (Å²) in [6.07, 6.45) is 3.63. The molecular weight excluding hydrogens is 182 g/mol. The standard InChI is InChI=1S/C9H13N3O2/c1-12-5-6(2-11-12)7-3-10-4-8(7)9(13)14/h2,5,7-8,10H,3-4H2,1H3,(H,13,14). The molecule has 2 heterocycles. The van der Waals surface area contributed by atoms with Crippen molar-refractivity contribution in [2.45, 2.75) is 5.92 Å². The number of nitrogens with zero attached hydrogens (tertiary/aromatic N) is 2. The largest absolute Gasteiger partial charge is 0.481 e. The Bertz CT molecular complexity index is 348. The predicted molar refractivity (Wildman–Crippen MR) is 49.9 cm³/mol. The van der Waals surface area contributed by atoms with E-state index < -0.39 is 5.97 Å². The van der Waals surface area contributed by atoms with Crippen LogP contribution in [-0.4, -0.2) is 33.9 Å². The van der Waals surface area contributed by atoms with E-state index in [-0.39, 0.29) is 11.8 Å². The number of hydrogen-bond acceptors (Lipinski definition) is 3. The molecule has 5 nitrogen and oxygen atoms in total. The van der Waals surface area contributed by atoms with Gasteiger partial charge in [0.25, 0.3) is 0 Å². The van der Waals surface area contributed by atoms with Gasteiger partial charge < -0.3 is 10.4 Å². The molecule has 0 bridgehead atoms. The minimum absolute atomic E-state index is 0.0567. The van der Waals surface area contributed by atoms with Gasteiger partial charge in [-0.25, -0.2) is 0 Å². The second-order valence-electron chi connectivity index (χ2n) is 3.66. The minimum Gasteiger partial charge on any atom is -0.481 e. The lowest BCUT2D eigenvalue weighted by Crippen LogP contribution is -2.20. The molecule has 1 fully saturated rings. The highest BCUT2D eigenvalue weighted by Crippen LogP contribution is 2.27. The van der Waals surface area contributed by atoms with Crippen LogP contribution in [0.3, 0.4) is 0 Å². The summed E-state index contributed by atoms with van der Waals surface area (Å²) in [5, 5.41) is 16.1. The van der Waals surface area contributed by atoms with Crippen molar-refractivity contribution >= 4 is 5.97 Å². The number of carbonyl (C=O) groups is 1. The lowest BCUT2D eigenvalue weighted by molar-refractivity contribution is -0.141. The highest BCUT2D eigenvalue weighted by atomic mass is 16.4. The molecule has 0 amide bonds. The van der Waals surface area contributed by atoms with Gasteiger partial charge in [-0.2, -0.15) is 5.10 Å². The Kier molecular flexibility index (Phi) is 2.25.